The van der Waals surface area contributed by atoms with E-state index in [9.17, 15) is 9.59 Å². The van der Waals surface area contributed by atoms with Gasteiger partial charge in [0.1, 0.15) is 5.75 Å². The van der Waals surface area contributed by atoms with Crippen LogP contribution in [0.1, 0.15) is 18.5 Å². The molecule has 0 saturated carbocycles. The molecular weight excluding hydrogens is 366 g/mol. The fourth-order valence-corrected chi connectivity index (χ4v) is 2.67. The van der Waals surface area contributed by atoms with Gasteiger partial charge in [-0.05, 0) is 36.8 Å². The summed E-state index contributed by atoms with van der Waals surface area (Å²) >= 11 is 5.99. The van der Waals surface area contributed by atoms with Crippen molar-refractivity contribution >= 4 is 29.1 Å². The predicted octanol–water partition coefficient (Wildman–Crippen LogP) is 3.10. The summed E-state index contributed by atoms with van der Waals surface area (Å²) in [5.74, 6) is 0.197. The van der Waals surface area contributed by atoms with Gasteiger partial charge in [-0.25, -0.2) is 0 Å². The third-order valence-electron chi connectivity index (χ3n) is 4.07. The van der Waals surface area contributed by atoms with E-state index in [4.69, 9.17) is 16.3 Å². The Hall–Kier alpha value is -2.57. The van der Waals surface area contributed by atoms with Crippen LogP contribution in [0.3, 0.4) is 0 Å². The highest BCUT2D eigenvalue weighted by molar-refractivity contribution is 6.30. The lowest BCUT2D eigenvalue weighted by Gasteiger charge is -2.19. The van der Waals surface area contributed by atoms with E-state index in [-0.39, 0.29) is 30.9 Å². The fourth-order valence-electron chi connectivity index (χ4n) is 2.47. The van der Waals surface area contributed by atoms with E-state index in [2.05, 4.69) is 10.6 Å². The van der Waals surface area contributed by atoms with Crippen molar-refractivity contribution in [2.45, 2.75) is 13.0 Å². The van der Waals surface area contributed by atoms with Crippen molar-refractivity contribution in [3.05, 3.63) is 59.1 Å². The molecule has 0 saturated heterocycles. The van der Waals surface area contributed by atoms with Crippen molar-refractivity contribution in [3.8, 4) is 5.75 Å². The molecule has 0 heterocycles. The Balaban J connectivity index is 1.81. The van der Waals surface area contributed by atoms with Crippen LogP contribution in [0.4, 0.5) is 5.69 Å². The average molecular weight is 390 g/mol. The van der Waals surface area contributed by atoms with Crippen molar-refractivity contribution in [2.24, 2.45) is 0 Å². The smallest absolute Gasteiger partial charge is 0.243 e. The van der Waals surface area contributed by atoms with E-state index in [0.717, 1.165) is 5.56 Å². The molecule has 0 radical (unpaired) electrons. The lowest BCUT2D eigenvalue weighted by Crippen LogP contribution is -2.40. The number of halogens is 1. The monoisotopic (exact) mass is 389 g/mol. The first kappa shape index (κ1) is 20.7. The number of likely N-dealkylation sites (N-methyl/N-ethyl adjacent to an activating group) is 1. The molecule has 0 aliphatic rings. The van der Waals surface area contributed by atoms with E-state index < -0.39 is 0 Å². The molecule has 1 atom stereocenters. The molecule has 0 bridgehead atoms. The maximum Gasteiger partial charge on any atom is 0.243 e. The Morgan fingerprint density at radius 1 is 1.19 bits per heavy atom. The minimum Gasteiger partial charge on any atom is -0.497 e. The predicted molar refractivity (Wildman–Crippen MR) is 107 cm³/mol. The van der Waals surface area contributed by atoms with E-state index in [0.29, 0.717) is 16.5 Å². The van der Waals surface area contributed by atoms with Gasteiger partial charge in [-0.15, -0.1) is 0 Å². The molecule has 2 aromatic carbocycles. The van der Waals surface area contributed by atoms with Crippen LogP contribution in [0, 0.1) is 0 Å². The van der Waals surface area contributed by atoms with Crippen LogP contribution in [0.15, 0.2) is 48.5 Å². The zero-order valence-corrected chi connectivity index (χ0v) is 16.4. The number of nitrogens with one attached hydrogen (secondary N) is 2. The summed E-state index contributed by atoms with van der Waals surface area (Å²) in [4.78, 5) is 25.8. The number of nitrogens with zero attached hydrogens (tertiary/aromatic N) is 1. The normalized spacial score (nSPS) is 11.6. The summed E-state index contributed by atoms with van der Waals surface area (Å²) in [6, 6.07) is 14.5. The number of anilines is 1. The van der Waals surface area contributed by atoms with E-state index in [1.54, 1.807) is 44.5 Å². The Labute approximate surface area is 164 Å². The molecule has 7 heteroatoms. The maximum absolute atomic E-state index is 12.3. The second kappa shape index (κ2) is 9.94. The van der Waals surface area contributed by atoms with Crippen LogP contribution in [-0.2, 0) is 9.59 Å². The molecule has 6 nitrogen and oxygen atoms in total. The third kappa shape index (κ3) is 6.58. The Bertz CT molecular complexity index is 798. The van der Waals surface area contributed by atoms with E-state index in [1.807, 2.05) is 25.1 Å². The van der Waals surface area contributed by atoms with Crippen molar-refractivity contribution in [1.29, 1.82) is 0 Å². The van der Waals surface area contributed by atoms with Gasteiger partial charge in [-0.2, -0.15) is 0 Å². The first-order valence-corrected chi connectivity index (χ1v) is 8.93. The third-order valence-corrected chi connectivity index (χ3v) is 4.30. The number of amides is 2. The van der Waals surface area contributed by atoms with Crippen LogP contribution >= 0.6 is 11.6 Å². The quantitative estimate of drug-likeness (QED) is 0.727. The summed E-state index contributed by atoms with van der Waals surface area (Å²) in [6.45, 7) is 2.04. The first-order valence-electron chi connectivity index (χ1n) is 8.55. The highest BCUT2D eigenvalue weighted by Crippen LogP contribution is 2.17. The van der Waals surface area contributed by atoms with Crippen LogP contribution in [-0.4, -0.2) is 44.0 Å². The van der Waals surface area contributed by atoms with E-state index in [1.165, 1.54) is 4.90 Å². The lowest BCUT2D eigenvalue weighted by molar-refractivity contribution is -0.132. The van der Waals surface area contributed by atoms with Crippen molar-refractivity contribution in [3.63, 3.8) is 0 Å². The summed E-state index contributed by atoms with van der Waals surface area (Å²) in [6.07, 6.45) is 0. The topological polar surface area (TPSA) is 70.7 Å². The molecule has 27 heavy (non-hydrogen) atoms. The summed E-state index contributed by atoms with van der Waals surface area (Å²) in [5, 5.41) is 6.55. The van der Waals surface area contributed by atoms with E-state index >= 15 is 0 Å². The molecular formula is C20H24ClN3O3. The van der Waals surface area contributed by atoms with Gasteiger partial charge in [0.2, 0.25) is 11.8 Å². The standard InChI is InChI=1S/C20H24ClN3O3/c1-14(15-6-4-7-16(21)10-15)22-12-20(26)24(2)13-19(25)23-17-8-5-9-18(11-17)27-3/h4-11,14,22H,12-13H2,1-3H3,(H,23,25)/t14-/m1/s1. The molecule has 2 N–H and O–H groups in total. The minimum atomic E-state index is -0.276. The maximum atomic E-state index is 12.3. The number of rotatable bonds is 8. The zero-order valence-electron chi connectivity index (χ0n) is 15.7. The highest BCUT2D eigenvalue weighted by atomic mass is 35.5. The number of carbonyl (C=O) groups is 2. The molecule has 2 amide bonds. The lowest BCUT2D eigenvalue weighted by atomic mass is 10.1. The van der Waals surface area contributed by atoms with Crippen LogP contribution in [0.5, 0.6) is 5.75 Å². The van der Waals surface area contributed by atoms with Crippen LogP contribution < -0.4 is 15.4 Å². The van der Waals surface area contributed by atoms with Gasteiger partial charge in [-0.3, -0.25) is 9.59 Å². The second-order valence-corrected chi connectivity index (χ2v) is 6.62. The van der Waals surface area contributed by atoms with Gasteiger partial charge in [-0.1, -0.05) is 29.8 Å². The second-order valence-electron chi connectivity index (χ2n) is 6.19. The minimum absolute atomic E-state index is 0.0355. The highest BCUT2D eigenvalue weighted by Gasteiger charge is 2.15. The van der Waals surface area contributed by atoms with Crippen molar-refractivity contribution in [2.75, 3.05) is 32.6 Å². The fraction of sp³-hybridized carbons (Fsp3) is 0.300. The van der Waals surface area contributed by atoms with Gasteiger partial charge in [0.25, 0.3) is 0 Å². The number of benzene rings is 2. The SMILES string of the molecule is COc1cccc(NC(=O)CN(C)C(=O)CN[C@H](C)c2cccc(Cl)c2)c1. The molecule has 0 aliphatic carbocycles. The number of methoxy groups -OCH3 is 1. The molecule has 0 fully saturated rings. The zero-order chi connectivity index (χ0) is 19.8. The summed E-state index contributed by atoms with van der Waals surface area (Å²) < 4.78 is 5.12. The molecule has 0 spiro atoms. The number of ether oxygens (including phenoxy) is 1. The summed E-state index contributed by atoms with van der Waals surface area (Å²) in [5.41, 5.74) is 1.61. The van der Waals surface area contributed by atoms with Crippen molar-refractivity contribution in [1.82, 2.24) is 10.2 Å². The Kier molecular flexibility index (Phi) is 7.64. The van der Waals surface area contributed by atoms with Crippen LogP contribution in [0.2, 0.25) is 5.02 Å². The molecule has 2 aromatic rings. The molecule has 0 aliphatic heterocycles. The van der Waals surface area contributed by atoms with Crippen molar-refractivity contribution < 1.29 is 14.3 Å². The van der Waals surface area contributed by atoms with Gasteiger partial charge >= 0.3 is 0 Å². The van der Waals surface area contributed by atoms with Gasteiger partial charge in [0.05, 0.1) is 20.2 Å². The Morgan fingerprint density at radius 2 is 1.93 bits per heavy atom. The first-order chi connectivity index (χ1) is 12.9. The number of hydrogen-bond acceptors (Lipinski definition) is 4. The molecule has 0 aromatic heterocycles. The number of hydrogen-bond donors (Lipinski definition) is 2. The number of carbonyl (C=O) groups excluding carboxylic acids is 2. The largest absolute Gasteiger partial charge is 0.497 e. The van der Waals surface area contributed by atoms with Gasteiger partial charge in [0.15, 0.2) is 0 Å². The van der Waals surface area contributed by atoms with Gasteiger partial charge in [0, 0.05) is 29.9 Å². The van der Waals surface area contributed by atoms with Gasteiger partial charge < -0.3 is 20.3 Å². The molecule has 144 valence electrons. The summed E-state index contributed by atoms with van der Waals surface area (Å²) in [7, 11) is 3.16. The molecule has 0 unspecified atom stereocenters. The molecule has 2 rings (SSSR count). The Morgan fingerprint density at radius 3 is 2.63 bits per heavy atom. The average Bonchev–Trinajstić information content (AvgIpc) is 2.65. The van der Waals surface area contributed by atoms with Crippen LogP contribution in [0.25, 0.3) is 0 Å².